The summed E-state index contributed by atoms with van der Waals surface area (Å²) in [7, 11) is 0. The summed E-state index contributed by atoms with van der Waals surface area (Å²) in [5.74, 6) is 0. The molecule has 0 radical (unpaired) electrons. The molecule has 0 aliphatic carbocycles. The Morgan fingerprint density at radius 3 is 2.80 bits per heavy atom. The van der Waals surface area contributed by atoms with Crippen molar-refractivity contribution >= 4 is 23.2 Å². The molecule has 0 saturated carbocycles. The van der Waals surface area contributed by atoms with Crippen LogP contribution in [0.4, 0.5) is 0 Å². The number of rotatable bonds is 6. The molecule has 2 aromatic rings. The molecule has 2 rings (SSSR count). The van der Waals surface area contributed by atoms with Crippen molar-refractivity contribution in [3.8, 4) is 0 Å². The molecule has 1 unspecified atom stereocenters. The van der Waals surface area contributed by atoms with E-state index in [1.807, 2.05) is 12.1 Å². The van der Waals surface area contributed by atoms with Gasteiger partial charge in [-0.3, -0.25) is 9.97 Å². The number of hydrogen-bond donors (Lipinski definition) is 1. The molecule has 1 heterocycles. The second-order valence-electron chi connectivity index (χ2n) is 4.58. The fourth-order valence-corrected chi connectivity index (χ4v) is 2.40. The monoisotopic (exact) mass is 309 g/mol. The first-order valence-corrected chi connectivity index (χ1v) is 7.39. The maximum Gasteiger partial charge on any atom is 0.0759 e. The molecule has 0 saturated heterocycles. The molecular formula is C15H17Cl2N3. The molecule has 106 valence electrons. The van der Waals surface area contributed by atoms with Gasteiger partial charge in [0.25, 0.3) is 0 Å². The van der Waals surface area contributed by atoms with E-state index in [0.717, 1.165) is 35.7 Å². The minimum Gasteiger partial charge on any atom is -0.308 e. The minimum absolute atomic E-state index is 0.0830. The van der Waals surface area contributed by atoms with Crippen molar-refractivity contribution in [2.24, 2.45) is 0 Å². The molecule has 1 N–H and O–H groups in total. The Balaban J connectivity index is 2.21. The highest BCUT2D eigenvalue weighted by Gasteiger charge is 2.15. The Morgan fingerprint density at radius 2 is 2.10 bits per heavy atom. The van der Waals surface area contributed by atoms with Gasteiger partial charge in [0.05, 0.1) is 11.7 Å². The first-order valence-electron chi connectivity index (χ1n) is 6.64. The lowest BCUT2D eigenvalue weighted by atomic mass is 10.0. The smallest absolute Gasteiger partial charge is 0.0759 e. The number of benzene rings is 1. The van der Waals surface area contributed by atoms with Crippen molar-refractivity contribution in [1.82, 2.24) is 15.3 Å². The van der Waals surface area contributed by atoms with Gasteiger partial charge in [-0.05, 0) is 43.1 Å². The lowest BCUT2D eigenvalue weighted by molar-refractivity contribution is 0.516. The third-order valence-electron chi connectivity index (χ3n) is 3.01. The largest absolute Gasteiger partial charge is 0.308 e. The maximum absolute atomic E-state index is 6.24. The van der Waals surface area contributed by atoms with Crippen molar-refractivity contribution in [3.05, 3.63) is 58.1 Å². The summed E-state index contributed by atoms with van der Waals surface area (Å²) in [5.41, 5.74) is 1.93. The van der Waals surface area contributed by atoms with Crippen molar-refractivity contribution < 1.29 is 0 Å². The van der Waals surface area contributed by atoms with Gasteiger partial charge in [-0.15, -0.1) is 0 Å². The average Bonchev–Trinajstić information content (AvgIpc) is 2.48. The standard InChI is InChI=1S/C15H17Cl2N3/c1-2-5-19-14(15-10-18-6-7-20-15)9-11-8-12(16)3-4-13(11)17/h3-4,6-8,10,14,19H,2,5,9H2,1H3. The predicted molar refractivity (Wildman–Crippen MR) is 83.2 cm³/mol. The number of halogens is 2. The zero-order valence-corrected chi connectivity index (χ0v) is 12.8. The summed E-state index contributed by atoms with van der Waals surface area (Å²) in [6.45, 7) is 3.05. The summed E-state index contributed by atoms with van der Waals surface area (Å²) in [4.78, 5) is 8.51. The lowest BCUT2D eigenvalue weighted by Gasteiger charge is -2.18. The van der Waals surface area contributed by atoms with Gasteiger partial charge in [0.2, 0.25) is 0 Å². The second kappa shape index (κ2) is 7.58. The van der Waals surface area contributed by atoms with E-state index in [-0.39, 0.29) is 6.04 Å². The van der Waals surface area contributed by atoms with Gasteiger partial charge < -0.3 is 5.32 Å². The molecule has 1 aromatic carbocycles. The summed E-state index contributed by atoms with van der Waals surface area (Å²) >= 11 is 12.3. The quantitative estimate of drug-likeness (QED) is 0.874. The molecule has 0 bridgehead atoms. The molecule has 5 heteroatoms. The number of nitrogens with zero attached hydrogens (tertiary/aromatic N) is 2. The number of nitrogens with one attached hydrogen (secondary N) is 1. The molecule has 20 heavy (non-hydrogen) atoms. The van der Waals surface area contributed by atoms with Gasteiger partial charge in [-0.2, -0.15) is 0 Å². The van der Waals surface area contributed by atoms with Gasteiger partial charge in [-0.1, -0.05) is 30.1 Å². The topological polar surface area (TPSA) is 37.8 Å². The highest BCUT2D eigenvalue weighted by Crippen LogP contribution is 2.25. The Hall–Kier alpha value is -1.16. The third kappa shape index (κ3) is 4.17. The van der Waals surface area contributed by atoms with Crippen LogP contribution >= 0.6 is 23.2 Å². The van der Waals surface area contributed by atoms with Crippen LogP contribution < -0.4 is 5.32 Å². The molecule has 0 spiro atoms. The molecule has 1 atom stereocenters. The van der Waals surface area contributed by atoms with Crippen LogP contribution in [0.1, 0.15) is 30.6 Å². The van der Waals surface area contributed by atoms with Crippen molar-refractivity contribution in [1.29, 1.82) is 0 Å². The van der Waals surface area contributed by atoms with Crippen LogP contribution in [-0.4, -0.2) is 16.5 Å². The summed E-state index contributed by atoms with van der Waals surface area (Å²) in [6, 6.07) is 5.61. The van der Waals surface area contributed by atoms with Gasteiger partial charge >= 0.3 is 0 Å². The van der Waals surface area contributed by atoms with E-state index >= 15 is 0 Å². The van der Waals surface area contributed by atoms with Crippen LogP contribution in [-0.2, 0) is 6.42 Å². The fraction of sp³-hybridized carbons (Fsp3) is 0.333. The van der Waals surface area contributed by atoms with Crippen LogP contribution in [0.5, 0.6) is 0 Å². The van der Waals surface area contributed by atoms with Crippen molar-refractivity contribution in [2.75, 3.05) is 6.54 Å². The Morgan fingerprint density at radius 1 is 1.25 bits per heavy atom. The highest BCUT2D eigenvalue weighted by molar-refractivity contribution is 6.33. The lowest BCUT2D eigenvalue weighted by Crippen LogP contribution is -2.25. The Labute approximate surface area is 129 Å². The zero-order valence-electron chi connectivity index (χ0n) is 11.3. The predicted octanol–water partition coefficient (Wildman–Crippen LogP) is 4.07. The number of hydrogen-bond acceptors (Lipinski definition) is 3. The van der Waals surface area contributed by atoms with E-state index in [1.54, 1.807) is 24.7 Å². The van der Waals surface area contributed by atoms with E-state index in [2.05, 4.69) is 22.2 Å². The number of aromatic nitrogens is 2. The van der Waals surface area contributed by atoms with Crippen molar-refractivity contribution in [3.63, 3.8) is 0 Å². The Kier molecular flexibility index (Phi) is 5.77. The first-order chi connectivity index (χ1) is 9.70. The average molecular weight is 310 g/mol. The summed E-state index contributed by atoms with van der Waals surface area (Å²) in [5, 5.41) is 4.89. The molecule has 0 amide bonds. The summed E-state index contributed by atoms with van der Waals surface area (Å²) in [6.07, 6.45) is 6.95. The zero-order chi connectivity index (χ0) is 14.4. The normalized spacial score (nSPS) is 12.3. The van der Waals surface area contributed by atoms with E-state index in [1.165, 1.54) is 0 Å². The van der Waals surface area contributed by atoms with Crippen LogP contribution in [0, 0.1) is 0 Å². The fourth-order valence-electron chi connectivity index (χ4n) is 2.01. The minimum atomic E-state index is 0.0830. The Bertz CT molecular complexity index is 546. The molecule has 1 aromatic heterocycles. The van der Waals surface area contributed by atoms with E-state index in [0.29, 0.717) is 5.02 Å². The first kappa shape index (κ1) is 15.2. The second-order valence-corrected chi connectivity index (χ2v) is 5.42. The molecular weight excluding hydrogens is 293 g/mol. The summed E-state index contributed by atoms with van der Waals surface area (Å²) < 4.78 is 0. The van der Waals surface area contributed by atoms with Crippen LogP contribution in [0.2, 0.25) is 10.0 Å². The highest BCUT2D eigenvalue weighted by atomic mass is 35.5. The van der Waals surface area contributed by atoms with Gasteiger partial charge in [-0.25, -0.2) is 0 Å². The van der Waals surface area contributed by atoms with Gasteiger partial charge in [0.1, 0.15) is 0 Å². The van der Waals surface area contributed by atoms with E-state index in [9.17, 15) is 0 Å². The third-order valence-corrected chi connectivity index (χ3v) is 3.62. The van der Waals surface area contributed by atoms with Gasteiger partial charge in [0.15, 0.2) is 0 Å². The molecule has 3 nitrogen and oxygen atoms in total. The van der Waals surface area contributed by atoms with Crippen LogP contribution in [0.3, 0.4) is 0 Å². The van der Waals surface area contributed by atoms with Crippen LogP contribution in [0.25, 0.3) is 0 Å². The molecule has 0 fully saturated rings. The maximum atomic E-state index is 6.24. The van der Waals surface area contributed by atoms with E-state index < -0.39 is 0 Å². The van der Waals surface area contributed by atoms with Crippen molar-refractivity contribution in [2.45, 2.75) is 25.8 Å². The molecule has 0 aliphatic rings. The molecule has 0 aliphatic heterocycles. The SMILES string of the molecule is CCCNC(Cc1cc(Cl)ccc1Cl)c1cnccn1. The van der Waals surface area contributed by atoms with Gasteiger partial charge in [0, 0.05) is 28.6 Å². The van der Waals surface area contributed by atoms with Crippen LogP contribution in [0.15, 0.2) is 36.8 Å². The van der Waals surface area contributed by atoms with E-state index in [4.69, 9.17) is 23.2 Å².